The Hall–Kier alpha value is -1.79. The summed E-state index contributed by atoms with van der Waals surface area (Å²) in [5, 5.41) is 12.4. The summed E-state index contributed by atoms with van der Waals surface area (Å²) in [5.74, 6) is 0.698. The van der Waals surface area contributed by atoms with Crippen molar-refractivity contribution in [3.05, 3.63) is 36.5 Å². The summed E-state index contributed by atoms with van der Waals surface area (Å²) >= 11 is 0. The molecular weight excluding hydrogens is 182 g/mol. The van der Waals surface area contributed by atoms with Crippen molar-refractivity contribution in [2.45, 2.75) is 6.54 Å². The second-order valence-electron chi connectivity index (χ2n) is 2.70. The molecule has 0 radical (unpaired) electrons. The van der Waals surface area contributed by atoms with Gasteiger partial charge in [0.2, 0.25) is 0 Å². The van der Waals surface area contributed by atoms with Gasteiger partial charge in [-0.25, -0.2) is 20.1 Å². The molecule has 2 N–H and O–H groups in total. The Morgan fingerprint density at radius 1 is 1.43 bits per heavy atom. The zero-order valence-electron chi connectivity index (χ0n) is 7.33. The summed E-state index contributed by atoms with van der Waals surface area (Å²) < 4.78 is 1.57. The van der Waals surface area contributed by atoms with Crippen LogP contribution in [0, 0.1) is 0 Å². The number of hydroxylamine groups is 1. The van der Waals surface area contributed by atoms with Crippen LogP contribution in [0.5, 0.6) is 0 Å². The molecule has 14 heavy (non-hydrogen) atoms. The second-order valence-corrected chi connectivity index (χ2v) is 2.70. The van der Waals surface area contributed by atoms with Crippen LogP contribution in [0.4, 0.5) is 0 Å². The van der Waals surface area contributed by atoms with Crippen molar-refractivity contribution in [1.82, 2.24) is 25.2 Å². The average Bonchev–Trinajstić information content (AvgIpc) is 2.72. The molecule has 2 aromatic heterocycles. The number of hydrogen-bond donors (Lipinski definition) is 2. The molecule has 0 aliphatic carbocycles. The number of hydrogen-bond acceptors (Lipinski definition) is 5. The fourth-order valence-electron chi connectivity index (χ4n) is 1.07. The first-order valence-electron chi connectivity index (χ1n) is 4.07. The average molecular weight is 191 g/mol. The van der Waals surface area contributed by atoms with Crippen molar-refractivity contribution >= 4 is 0 Å². The van der Waals surface area contributed by atoms with E-state index in [1.807, 2.05) is 6.07 Å². The highest BCUT2D eigenvalue weighted by Crippen LogP contribution is 2.03. The standard InChI is InChI=1S/C8H9N5O/c14-12-4-7-1-2-8(10-3-7)13-6-9-5-11-13/h1-3,5-6,12,14H,4H2. The lowest BCUT2D eigenvalue weighted by Crippen LogP contribution is -2.07. The SMILES string of the molecule is ONCc1ccc(-n2cncn2)nc1. The monoisotopic (exact) mass is 191 g/mol. The minimum absolute atomic E-state index is 0.380. The van der Waals surface area contributed by atoms with Crippen molar-refractivity contribution in [2.24, 2.45) is 0 Å². The van der Waals surface area contributed by atoms with Gasteiger partial charge in [0.1, 0.15) is 12.7 Å². The summed E-state index contributed by atoms with van der Waals surface area (Å²) in [5.41, 5.74) is 2.96. The van der Waals surface area contributed by atoms with Crippen LogP contribution in [0.1, 0.15) is 5.56 Å². The van der Waals surface area contributed by atoms with Gasteiger partial charge in [0.25, 0.3) is 0 Å². The molecule has 2 rings (SSSR count). The van der Waals surface area contributed by atoms with Gasteiger partial charge in [-0.05, 0) is 11.6 Å². The lowest BCUT2D eigenvalue weighted by Gasteiger charge is -2.01. The molecule has 72 valence electrons. The van der Waals surface area contributed by atoms with Crippen LogP contribution in [-0.2, 0) is 6.54 Å². The summed E-state index contributed by atoms with van der Waals surface area (Å²) in [6.07, 6.45) is 4.69. The summed E-state index contributed by atoms with van der Waals surface area (Å²) in [6.45, 7) is 0.380. The van der Waals surface area contributed by atoms with Crippen molar-refractivity contribution in [3.63, 3.8) is 0 Å². The molecule has 0 saturated carbocycles. The van der Waals surface area contributed by atoms with Gasteiger partial charge in [-0.15, -0.1) is 0 Å². The van der Waals surface area contributed by atoms with E-state index >= 15 is 0 Å². The molecule has 0 spiro atoms. The third-order valence-corrected chi connectivity index (χ3v) is 1.75. The van der Waals surface area contributed by atoms with Gasteiger partial charge in [-0.3, -0.25) is 0 Å². The smallest absolute Gasteiger partial charge is 0.155 e. The van der Waals surface area contributed by atoms with Crippen molar-refractivity contribution < 1.29 is 5.21 Å². The predicted molar refractivity (Wildman–Crippen MR) is 47.8 cm³/mol. The molecule has 6 heteroatoms. The van der Waals surface area contributed by atoms with Gasteiger partial charge in [-0.2, -0.15) is 5.10 Å². The van der Waals surface area contributed by atoms with E-state index in [4.69, 9.17) is 5.21 Å². The number of aromatic nitrogens is 4. The topological polar surface area (TPSA) is 75.9 Å². The van der Waals surface area contributed by atoms with Crippen LogP contribution in [0.25, 0.3) is 5.82 Å². The Labute approximate surface area is 80.2 Å². The van der Waals surface area contributed by atoms with E-state index in [-0.39, 0.29) is 0 Å². The lowest BCUT2D eigenvalue weighted by atomic mass is 10.3. The first-order valence-corrected chi connectivity index (χ1v) is 4.07. The largest absolute Gasteiger partial charge is 0.316 e. The van der Waals surface area contributed by atoms with Crippen LogP contribution >= 0.6 is 0 Å². The van der Waals surface area contributed by atoms with E-state index in [0.717, 1.165) is 5.56 Å². The molecule has 0 atom stereocenters. The molecule has 0 aromatic carbocycles. The van der Waals surface area contributed by atoms with Gasteiger partial charge in [0.15, 0.2) is 5.82 Å². The van der Waals surface area contributed by atoms with E-state index in [2.05, 4.69) is 20.5 Å². The highest BCUT2D eigenvalue weighted by Gasteiger charge is 1.97. The molecule has 0 aliphatic heterocycles. The van der Waals surface area contributed by atoms with Crippen LogP contribution in [0.2, 0.25) is 0 Å². The highest BCUT2D eigenvalue weighted by atomic mass is 16.5. The van der Waals surface area contributed by atoms with E-state index in [1.165, 1.54) is 6.33 Å². The van der Waals surface area contributed by atoms with Crippen LogP contribution in [0.3, 0.4) is 0 Å². The molecule has 0 amide bonds. The molecule has 2 heterocycles. The maximum absolute atomic E-state index is 8.47. The normalized spacial score (nSPS) is 10.4. The molecule has 0 aliphatic rings. The van der Waals surface area contributed by atoms with Gasteiger partial charge in [-0.1, -0.05) is 6.07 Å². The van der Waals surface area contributed by atoms with Crippen LogP contribution in [0.15, 0.2) is 31.0 Å². The van der Waals surface area contributed by atoms with Crippen molar-refractivity contribution in [1.29, 1.82) is 0 Å². The molecule has 0 bridgehead atoms. The fourth-order valence-corrected chi connectivity index (χ4v) is 1.07. The lowest BCUT2D eigenvalue weighted by molar-refractivity contribution is 0.161. The minimum Gasteiger partial charge on any atom is -0.316 e. The van der Waals surface area contributed by atoms with Crippen LogP contribution < -0.4 is 5.48 Å². The van der Waals surface area contributed by atoms with Gasteiger partial charge < -0.3 is 5.21 Å². The molecule has 6 nitrogen and oxygen atoms in total. The number of pyridine rings is 1. The Morgan fingerprint density at radius 3 is 2.93 bits per heavy atom. The maximum Gasteiger partial charge on any atom is 0.155 e. The number of rotatable bonds is 3. The highest BCUT2D eigenvalue weighted by molar-refractivity contribution is 5.23. The van der Waals surface area contributed by atoms with Gasteiger partial charge in [0, 0.05) is 12.7 Å². The van der Waals surface area contributed by atoms with E-state index in [9.17, 15) is 0 Å². The Morgan fingerprint density at radius 2 is 2.36 bits per heavy atom. The molecule has 2 aromatic rings. The summed E-state index contributed by atoms with van der Waals surface area (Å²) in [7, 11) is 0. The van der Waals surface area contributed by atoms with E-state index in [1.54, 1.807) is 23.3 Å². The van der Waals surface area contributed by atoms with Crippen LogP contribution in [-0.4, -0.2) is 25.0 Å². The van der Waals surface area contributed by atoms with E-state index < -0.39 is 0 Å². The number of nitrogens with zero attached hydrogens (tertiary/aromatic N) is 4. The number of nitrogens with one attached hydrogen (secondary N) is 1. The maximum atomic E-state index is 8.47. The molecule has 0 unspecified atom stereocenters. The summed E-state index contributed by atoms with van der Waals surface area (Å²) in [6, 6.07) is 3.66. The van der Waals surface area contributed by atoms with Gasteiger partial charge in [0.05, 0.1) is 0 Å². The Balaban J connectivity index is 2.22. The molecule has 0 fully saturated rings. The minimum atomic E-state index is 0.380. The molecular formula is C8H9N5O. The van der Waals surface area contributed by atoms with Crippen molar-refractivity contribution in [3.8, 4) is 5.82 Å². The quantitative estimate of drug-likeness (QED) is 0.675. The summed E-state index contributed by atoms with van der Waals surface area (Å²) in [4.78, 5) is 7.97. The van der Waals surface area contributed by atoms with E-state index in [0.29, 0.717) is 12.4 Å². The predicted octanol–water partition coefficient (Wildman–Crippen LogP) is 0.141. The molecule has 0 saturated heterocycles. The van der Waals surface area contributed by atoms with Crippen molar-refractivity contribution in [2.75, 3.05) is 0 Å². The zero-order chi connectivity index (χ0) is 9.80. The second kappa shape index (κ2) is 3.95. The fraction of sp³-hybridized carbons (Fsp3) is 0.125. The Bertz CT molecular complexity index is 383. The van der Waals surface area contributed by atoms with Gasteiger partial charge >= 0.3 is 0 Å². The first kappa shape index (κ1) is 8.79. The third kappa shape index (κ3) is 1.76. The zero-order valence-corrected chi connectivity index (χ0v) is 7.33. The third-order valence-electron chi connectivity index (χ3n) is 1.75. The Kier molecular flexibility index (Phi) is 2.48. The first-order chi connectivity index (χ1) is 6.90.